The van der Waals surface area contributed by atoms with Gasteiger partial charge in [-0.15, -0.1) is 11.3 Å². The zero-order chi connectivity index (χ0) is 17.8. The average molecular weight is 372 g/mol. The second-order valence-corrected chi connectivity index (χ2v) is 6.62. The number of nitrogens with zero attached hydrogens (tertiary/aromatic N) is 1. The van der Waals surface area contributed by atoms with Gasteiger partial charge in [0.1, 0.15) is 5.01 Å². The molecule has 2 amide bonds. The van der Waals surface area contributed by atoms with E-state index in [-0.39, 0.29) is 12.3 Å². The lowest BCUT2D eigenvalue weighted by atomic mass is 10.2. The number of benzene rings is 2. The van der Waals surface area contributed by atoms with Crippen molar-refractivity contribution in [1.82, 2.24) is 4.98 Å². The Bertz CT molecular complexity index is 939. The minimum Gasteiger partial charge on any atom is -0.366 e. The van der Waals surface area contributed by atoms with Crippen molar-refractivity contribution in [2.24, 2.45) is 5.73 Å². The van der Waals surface area contributed by atoms with Gasteiger partial charge in [-0.25, -0.2) is 4.98 Å². The Morgan fingerprint density at radius 1 is 1.16 bits per heavy atom. The molecule has 5 nitrogen and oxygen atoms in total. The number of hydrogen-bond donors (Lipinski definition) is 2. The molecule has 0 aliphatic carbocycles. The number of thiazole rings is 1. The molecule has 3 N–H and O–H groups in total. The van der Waals surface area contributed by atoms with E-state index in [1.54, 1.807) is 30.3 Å². The predicted octanol–water partition coefficient (Wildman–Crippen LogP) is 3.74. The number of halogens is 1. The second-order valence-electron chi connectivity index (χ2n) is 5.32. The van der Waals surface area contributed by atoms with Crippen LogP contribution in [0.5, 0.6) is 0 Å². The maximum Gasteiger partial charge on any atom is 0.248 e. The van der Waals surface area contributed by atoms with Crippen LogP contribution in [0.25, 0.3) is 10.6 Å². The SMILES string of the molecule is NC(=O)c1cccc(NC(=O)Cc2csc(-c3cccc(Cl)c3)n2)c1. The highest BCUT2D eigenvalue weighted by molar-refractivity contribution is 7.13. The van der Waals surface area contributed by atoms with Crippen LogP contribution in [-0.4, -0.2) is 16.8 Å². The van der Waals surface area contributed by atoms with Gasteiger partial charge in [0.2, 0.25) is 11.8 Å². The van der Waals surface area contributed by atoms with Crippen LogP contribution in [0.2, 0.25) is 5.02 Å². The predicted molar refractivity (Wildman–Crippen MR) is 99.9 cm³/mol. The molecule has 0 bridgehead atoms. The van der Waals surface area contributed by atoms with Crippen molar-refractivity contribution in [3.05, 3.63) is 70.2 Å². The van der Waals surface area contributed by atoms with Crippen LogP contribution in [0.4, 0.5) is 5.69 Å². The zero-order valence-corrected chi connectivity index (χ0v) is 14.6. The normalized spacial score (nSPS) is 10.4. The van der Waals surface area contributed by atoms with Gasteiger partial charge in [0.05, 0.1) is 12.1 Å². The van der Waals surface area contributed by atoms with Gasteiger partial charge in [-0.05, 0) is 30.3 Å². The summed E-state index contributed by atoms with van der Waals surface area (Å²) in [6.07, 6.45) is 0.137. The minimum absolute atomic E-state index is 0.137. The Labute approximate surface area is 153 Å². The third kappa shape index (κ3) is 4.43. The Morgan fingerprint density at radius 3 is 2.72 bits per heavy atom. The molecule has 7 heteroatoms. The van der Waals surface area contributed by atoms with E-state index in [9.17, 15) is 9.59 Å². The van der Waals surface area contributed by atoms with Crippen LogP contribution in [0.15, 0.2) is 53.9 Å². The van der Waals surface area contributed by atoms with Gasteiger partial charge < -0.3 is 11.1 Å². The van der Waals surface area contributed by atoms with Crippen molar-refractivity contribution in [3.8, 4) is 10.6 Å². The fourth-order valence-corrected chi connectivity index (χ4v) is 3.27. The van der Waals surface area contributed by atoms with Gasteiger partial charge >= 0.3 is 0 Å². The first-order valence-corrected chi connectivity index (χ1v) is 8.67. The highest BCUT2D eigenvalue weighted by Gasteiger charge is 2.10. The molecular formula is C18H14ClN3O2S. The standard InChI is InChI=1S/C18H14ClN3O2S/c19-13-5-1-4-12(7-13)18-22-15(10-25-18)9-16(23)21-14-6-2-3-11(8-14)17(20)24/h1-8,10H,9H2,(H2,20,24)(H,21,23). The maximum atomic E-state index is 12.2. The Morgan fingerprint density at radius 2 is 1.96 bits per heavy atom. The Hall–Kier alpha value is -2.70. The number of primary amides is 1. The summed E-state index contributed by atoms with van der Waals surface area (Å²) in [7, 11) is 0. The Balaban J connectivity index is 1.68. The first-order valence-electron chi connectivity index (χ1n) is 7.41. The fourth-order valence-electron chi connectivity index (χ4n) is 2.26. The first-order chi connectivity index (χ1) is 12.0. The number of nitrogens with one attached hydrogen (secondary N) is 1. The molecule has 25 heavy (non-hydrogen) atoms. The lowest BCUT2D eigenvalue weighted by molar-refractivity contribution is -0.115. The van der Waals surface area contributed by atoms with E-state index in [1.807, 2.05) is 23.6 Å². The lowest BCUT2D eigenvalue weighted by Gasteiger charge is -2.05. The van der Waals surface area contributed by atoms with Crippen molar-refractivity contribution in [3.63, 3.8) is 0 Å². The molecule has 0 unspecified atom stereocenters. The van der Waals surface area contributed by atoms with Gasteiger partial charge in [0.15, 0.2) is 0 Å². The van der Waals surface area contributed by atoms with E-state index in [0.717, 1.165) is 10.6 Å². The number of anilines is 1. The zero-order valence-electron chi connectivity index (χ0n) is 13.0. The molecule has 126 valence electrons. The molecule has 0 aliphatic heterocycles. The van der Waals surface area contributed by atoms with E-state index < -0.39 is 5.91 Å². The van der Waals surface area contributed by atoms with Crippen molar-refractivity contribution in [2.75, 3.05) is 5.32 Å². The summed E-state index contributed by atoms with van der Waals surface area (Å²) in [4.78, 5) is 27.8. The third-order valence-corrected chi connectivity index (χ3v) is 4.57. The molecule has 3 aromatic rings. The monoisotopic (exact) mass is 371 g/mol. The molecule has 0 spiro atoms. The smallest absolute Gasteiger partial charge is 0.248 e. The van der Waals surface area contributed by atoms with Crippen LogP contribution >= 0.6 is 22.9 Å². The largest absolute Gasteiger partial charge is 0.366 e. The van der Waals surface area contributed by atoms with Gasteiger partial charge in [0, 0.05) is 27.2 Å². The molecule has 0 radical (unpaired) electrons. The highest BCUT2D eigenvalue weighted by Crippen LogP contribution is 2.26. The van der Waals surface area contributed by atoms with E-state index >= 15 is 0 Å². The van der Waals surface area contributed by atoms with E-state index in [1.165, 1.54) is 11.3 Å². The highest BCUT2D eigenvalue weighted by atomic mass is 35.5. The summed E-state index contributed by atoms with van der Waals surface area (Å²) in [5, 5.41) is 6.03. The summed E-state index contributed by atoms with van der Waals surface area (Å²) in [6.45, 7) is 0. The maximum absolute atomic E-state index is 12.2. The summed E-state index contributed by atoms with van der Waals surface area (Å²) in [6, 6.07) is 13.9. The molecule has 2 aromatic carbocycles. The van der Waals surface area contributed by atoms with E-state index in [0.29, 0.717) is 22.0 Å². The number of amides is 2. The number of carbonyl (C=O) groups is 2. The molecule has 0 saturated heterocycles. The fraction of sp³-hybridized carbons (Fsp3) is 0.0556. The number of aromatic nitrogens is 1. The molecular weight excluding hydrogens is 358 g/mol. The molecule has 0 atom stereocenters. The summed E-state index contributed by atoms with van der Waals surface area (Å²) in [5.74, 6) is -0.758. The summed E-state index contributed by atoms with van der Waals surface area (Å²) in [5.41, 5.74) is 7.68. The summed E-state index contributed by atoms with van der Waals surface area (Å²) < 4.78 is 0. The van der Waals surface area contributed by atoms with Gasteiger partial charge in [-0.3, -0.25) is 9.59 Å². The van der Waals surface area contributed by atoms with Crippen LogP contribution in [-0.2, 0) is 11.2 Å². The Kier molecular flexibility index (Phi) is 5.11. The van der Waals surface area contributed by atoms with E-state index in [4.69, 9.17) is 17.3 Å². The van der Waals surface area contributed by atoms with Crippen molar-refractivity contribution < 1.29 is 9.59 Å². The number of carbonyl (C=O) groups excluding carboxylic acids is 2. The topological polar surface area (TPSA) is 85.1 Å². The average Bonchev–Trinajstić information content (AvgIpc) is 3.03. The van der Waals surface area contributed by atoms with E-state index in [2.05, 4.69) is 10.3 Å². The number of hydrogen-bond acceptors (Lipinski definition) is 4. The molecule has 1 aromatic heterocycles. The molecule has 1 heterocycles. The molecule has 3 rings (SSSR count). The van der Waals surface area contributed by atoms with Crippen LogP contribution in [0.3, 0.4) is 0 Å². The van der Waals surface area contributed by atoms with Crippen molar-refractivity contribution in [2.45, 2.75) is 6.42 Å². The number of rotatable bonds is 5. The second kappa shape index (κ2) is 7.46. The van der Waals surface area contributed by atoms with Gasteiger partial charge in [-0.2, -0.15) is 0 Å². The molecule has 0 fully saturated rings. The van der Waals surface area contributed by atoms with Crippen molar-refractivity contribution in [1.29, 1.82) is 0 Å². The summed E-state index contributed by atoms with van der Waals surface area (Å²) >= 11 is 7.45. The first kappa shape index (κ1) is 17.1. The number of nitrogens with two attached hydrogens (primary N) is 1. The van der Waals surface area contributed by atoms with Gasteiger partial charge in [-0.1, -0.05) is 29.8 Å². The molecule has 0 saturated carbocycles. The van der Waals surface area contributed by atoms with Gasteiger partial charge in [0.25, 0.3) is 0 Å². The van der Waals surface area contributed by atoms with Crippen LogP contribution in [0.1, 0.15) is 16.1 Å². The van der Waals surface area contributed by atoms with Crippen molar-refractivity contribution >= 4 is 40.4 Å². The lowest BCUT2D eigenvalue weighted by Crippen LogP contribution is -2.16. The van der Waals surface area contributed by atoms with Crippen LogP contribution in [0, 0.1) is 0 Å². The third-order valence-electron chi connectivity index (χ3n) is 3.40. The van der Waals surface area contributed by atoms with Crippen LogP contribution < -0.4 is 11.1 Å². The molecule has 0 aliphatic rings. The minimum atomic E-state index is -0.540. The quantitative estimate of drug-likeness (QED) is 0.716.